The van der Waals surface area contributed by atoms with E-state index in [1.54, 1.807) is 19.2 Å². The van der Waals surface area contributed by atoms with Gasteiger partial charge in [-0.05, 0) is 13.0 Å². The Morgan fingerprint density at radius 3 is 2.64 bits per heavy atom. The molecule has 2 rings (SSSR count). The zero-order chi connectivity index (χ0) is 18.4. The van der Waals surface area contributed by atoms with Crippen molar-refractivity contribution in [2.75, 3.05) is 27.9 Å². The number of hydrogen-bond donors (Lipinski definition) is 2. The topological polar surface area (TPSA) is 112 Å². The van der Waals surface area contributed by atoms with Crippen molar-refractivity contribution in [3.8, 4) is 11.5 Å². The summed E-state index contributed by atoms with van der Waals surface area (Å²) in [5.41, 5.74) is 6.17. The zero-order valence-electron chi connectivity index (χ0n) is 14.7. The zero-order valence-corrected chi connectivity index (χ0v) is 15.5. The molecule has 25 heavy (non-hydrogen) atoms. The van der Waals surface area contributed by atoms with E-state index in [1.165, 1.54) is 26.0 Å². The Balaban J connectivity index is 2.24. The van der Waals surface area contributed by atoms with Gasteiger partial charge >= 0.3 is 0 Å². The summed E-state index contributed by atoms with van der Waals surface area (Å²) in [4.78, 5) is 23.8. The summed E-state index contributed by atoms with van der Waals surface area (Å²) in [7, 11) is 4.66. The molecule has 0 aliphatic rings. The Bertz CT molecular complexity index is 822. The van der Waals surface area contributed by atoms with Crippen molar-refractivity contribution in [3.63, 3.8) is 0 Å². The maximum absolute atomic E-state index is 12.3. The van der Waals surface area contributed by atoms with Gasteiger partial charge < -0.3 is 24.9 Å². The fraction of sp³-hybridized carbons (Fsp3) is 0.438. The number of nitrogens with two attached hydrogens (primary N) is 1. The summed E-state index contributed by atoms with van der Waals surface area (Å²) in [6.07, 6.45) is 0. The van der Waals surface area contributed by atoms with Gasteiger partial charge in [-0.3, -0.25) is 9.79 Å². The normalized spacial score (nSPS) is 13.0. The van der Waals surface area contributed by atoms with Crippen molar-refractivity contribution < 1.29 is 14.2 Å². The predicted octanol–water partition coefficient (Wildman–Crippen LogP) is 1.52. The third-order valence-corrected chi connectivity index (χ3v) is 4.19. The number of nitrogens with one attached hydrogen (secondary N) is 1. The van der Waals surface area contributed by atoms with Crippen LogP contribution >= 0.6 is 11.8 Å². The van der Waals surface area contributed by atoms with E-state index in [1.807, 2.05) is 6.92 Å². The van der Waals surface area contributed by atoms with Crippen LogP contribution in [0.25, 0.3) is 10.9 Å². The highest BCUT2D eigenvalue weighted by Gasteiger charge is 2.11. The lowest BCUT2D eigenvalue weighted by Gasteiger charge is -2.09. The fourth-order valence-corrected chi connectivity index (χ4v) is 2.93. The fourth-order valence-electron chi connectivity index (χ4n) is 2.26. The lowest BCUT2D eigenvalue weighted by Crippen LogP contribution is -2.16. The SMILES string of the molecule is COC[C@H](C)N=C(N)SCc1nc2cc(OC)c(OC)cc2c(=O)[nH]1. The molecule has 0 saturated carbocycles. The molecule has 9 heteroatoms. The molecule has 0 amide bonds. The number of ether oxygens (including phenoxy) is 3. The summed E-state index contributed by atoms with van der Waals surface area (Å²) in [5, 5.41) is 0.848. The van der Waals surface area contributed by atoms with E-state index in [0.29, 0.717) is 45.8 Å². The van der Waals surface area contributed by atoms with Crippen LogP contribution in [0.1, 0.15) is 12.7 Å². The molecule has 1 aromatic carbocycles. The first-order valence-corrected chi connectivity index (χ1v) is 8.57. The Morgan fingerprint density at radius 1 is 1.32 bits per heavy atom. The Hall–Kier alpha value is -2.26. The van der Waals surface area contributed by atoms with Crippen LogP contribution in [0.3, 0.4) is 0 Å². The van der Waals surface area contributed by atoms with Crippen molar-refractivity contribution in [1.29, 1.82) is 0 Å². The maximum Gasteiger partial charge on any atom is 0.258 e. The lowest BCUT2D eigenvalue weighted by molar-refractivity contribution is 0.186. The van der Waals surface area contributed by atoms with Crippen molar-refractivity contribution in [2.24, 2.45) is 10.7 Å². The van der Waals surface area contributed by atoms with Gasteiger partial charge in [-0.25, -0.2) is 4.98 Å². The number of hydrogen-bond acceptors (Lipinski definition) is 7. The van der Waals surface area contributed by atoms with E-state index in [2.05, 4.69) is 15.0 Å². The molecule has 1 aromatic heterocycles. The van der Waals surface area contributed by atoms with E-state index in [9.17, 15) is 4.79 Å². The number of aromatic amines is 1. The second kappa shape index (κ2) is 8.72. The highest BCUT2D eigenvalue weighted by atomic mass is 32.2. The van der Waals surface area contributed by atoms with E-state index < -0.39 is 0 Å². The van der Waals surface area contributed by atoms with Gasteiger partial charge in [0.05, 0.1) is 43.5 Å². The van der Waals surface area contributed by atoms with Crippen LogP contribution in [0.4, 0.5) is 0 Å². The molecule has 0 bridgehead atoms. The number of thioether (sulfide) groups is 1. The average Bonchev–Trinajstić information content (AvgIpc) is 2.59. The number of methoxy groups -OCH3 is 3. The minimum atomic E-state index is -0.246. The molecule has 0 aliphatic carbocycles. The van der Waals surface area contributed by atoms with Gasteiger partial charge in [0.1, 0.15) is 5.82 Å². The third-order valence-electron chi connectivity index (χ3n) is 3.37. The highest BCUT2D eigenvalue weighted by Crippen LogP contribution is 2.30. The quantitative estimate of drug-likeness (QED) is 0.564. The molecule has 136 valence electrons. The van der Waals surface area contributed by atoms with Gasteiger partial charge in [0, 0.05) is 13.2 Å². The smallest absolute Gasteiger partial charge is 0.258 e. The van der Waals surface area contributed by atoms with Crippen LogP contribution in [0, 0.1) is 0 Å². The molecule has 0 saturated heterocycles. The molecule has 0 spiro atoms. The summed E-state index contributed by atoms with van der Waals surface area (Å²) in [6, 6.07) is 3.26. The van der Waals surface area contributed by atoms with Crippen LogP contribution < -0.4 is 20.8 Å². The van der Waals surface area contributed by atoms with E-state index in [-0.39, 0.29) is 11.6 Å². The number of rotatable bonds is 7. The third kappa shape index (κ3) is 4.86. The molecular weight excluding hydrogens is 344 g/mol. The predicted molar refractivity (Wildman–Crippen MR) is 99.7 cm³/mol. The minimum absolute atomic E-state index is 0.0298. The molecule has 0 radical (unpaired) electrons. The monoisotopic (exact) mass is 366 g/mol. The van der Waals surface area contributed by atoms with Crippen molar-refractivity contribution in [3.05, 3.63) is 28.3 Å². The largest absolute Gasteiger partial charge is 0.493 e. The van der Waals surface area contributed by atoms with Crippen LogP contribution in [-0.2, 0) is 10.5 Å². The molecule has 1 heterocycles. The molecule has 0 aliphatic heterocycles. The van der Waals surface area contributed by atoms with Gasteiger partial charge in [-0.15, -0.1) is 0 Å². The second-order valence-electron chi connectivity index (χ2n) is 5.30. The number of aliphatic imine (C=N–C) groups is 1. The van der Waals surface area contributed by atoms with Gasteiger partial charge in [-0.2, -0.15) is 0 Å². The standard InChI is InChI=1S/C16H22N4O4S/c1-9(7-22-2)18-16(17)25-8-14-19-11-6-13(24-4)12(23-3)5-10(11)15(21)20-14/h5-6,9H,7-8H2,1-4H3,(H2,17,18)(H,19,20,21)/t9-/m0/s1. The highest BCUT2D eigenvalue weighted by molar-refractivity contribution is 8.13. The molecular formula is C16H22N4O4S. The number of amidine groups is 1. The molecule has 3 N–H and O–H groups in total. The summed E-state index contributed by atoms with van der Waals surface area (Å²) < 4.78 is 15.5. The first-order chi connectivity index (χ1) is 12.0. The van der Waals surface area contributed by atoms with Crippen LogP contribution in [0.5, 0.6) is 11.5 Å². The van der Waals surface area contributed by atoms with Crippen molar-refractivity contribution >= 4 is 27.8 Å². The molecule has 0 unspecified atom stereocenters. The second-order valence-corrected chi connectivity index (χ2v) is 6.29. The van der Waals surface area contributed by atoms with E-state index in [4.69, 9.17) is 19.9 Å². The van der Waals surface area contributed by atoms with Crippen molar-refractivity contribution in [2.45, 2.75) is 18.7 Å². The number of H-pyrrole nitrogens is 1. The van der Waals surface area contributed by atoms with E-state index in [0.717, 1.165) is 0 Å². The first kappa shape index (κ1) is 19.1. The van der Waals surface area contributed by atoms with Crippen LogP contribution in [0.2, 0.25) is 0 Å². The van der Waals surface area contributed by atoms with Gasteiger partial charge in [0.15, 0.2) is 16.7 Å². The number of fused-ring (bicyclic) bond motifs is 1. The van der Waals surface area contributed by atoms with E-state index >= 15 is 0 Å². The molecule has 1 atom stereocenters. The molecule has 0 fully saturated rings. The number of benzene rings is 1. The summed E-state index contributed by atoms with van der Waals surface area (Å²) >= 11 is 1.30. The molecule has 8 nitrogen and oxygen atoms in total. The van der Waals surface area contributed by atoms with Gasteiger partial charge in [0.2, 0.25) is 0 Å². The van der Waals surface area contributed by atoms with Gasteiger partial charge in [0.25, 0.3) is 5.56 Å². The number of aromatic nitrogens is 2. The van der Waals surface area contributed by atoms with Crippen LogP contribution in [0.15, 0.2) is 21.9 Å². The lowest BCUT2D eigenvalue weighted by atomic mass is 10.2. The van der Waals surface area contributed by atoms with Crippen LogP contribution in [-0.4, -0.2) is 49.1 Å². The maximum atomic E-state index is 12.3. The summed E-state index contributed by atoms with van der Waals surface area (Å²) in [5.74, 6) is 1.90. The Morgan fingerprint density at radius 2 is 2.00 bits per heavy atom. The average molecular weight is 366 g/mol. The van der Waals surface area contributed by atoms with Gasteiger partial charge in [-0.1, -0.05) is 11.8 Å². The minimum Gasteiger partial charge on any atom is -0.493 e. The Labute approximate surface area is 149 Å². The summed E-state index contributed by atoms with van der Waals surface area (Å²) in [6.45, 7) is 2.40. The molecule has 2 aromatic rings. The number of nitrogens with zero attached hydrogens (tertiary/aromatic N) is 2. The Kier molecular flexibility index (Phi) is 6.65. The first-order valence-electron chi connectivity index (χ1n) is 7.58. The van der Waals surface area contributed by atoms with Crippen molar-refractivity contribution in [1.82, 2.24) is 9.97 Å².